The molecule has 0 radical (unpaired) electrons. The van der Waals surface area contributed by atoms with Gasteiger partial charge in [0.05, 0.1) is 24.7 Å². The SMILES string of the molecule is CC1=CC2O[C@]3(C)C[C@H]4OC(=O)/C=C\C=C\C(=O)OCC[C@@H](C)[C@@H](N)C(=O)OC[C@@]2(CC1)[C@]4(C)[C@]31CO1. The number of ether oxygens (including phenoxy) is 5. The highest BCUT2D eigenvalue weighted by atomic mass is 16.7. The monoisotopic (exact) mass is 515 g/mol. The first kappa shape index (κ1) is 26.1. The van der Waals surface area contributed by atoms with Crippen molar-refractivity contribution >= 4 is 17.9 Å². The summed E-state index contributed by atoms with van der Waals surface area (Å²) in [6, 6.07) is -0.877. The lowest BCUT2D eigenvalue weighted by molar-refractivity contribution is -0.259. The Morgan fingerprint density at radius 3 is 2.43 bits per heavy atom. The molecule has 1 saturated carbocycles. The molecule has 2 N–H and O–H groups in total. The fraction of sp³-hybridized carbons (Fsp3) is 0.679. The minimum Gasteiger partial charge on any atom is -0.464 e. The van der Waals surface area contributed by atoms with Crippen molar-refractivity contribution in [3.63, 3.8) is 0 Å². The molecule has 2 aliphatic carbocycles. The summed E-state index contributed by atoms with van der Waals surface area (Å²) >= 11 is 0. The number of carbonyl (C=O) groups excluding carboxylic acids is 3. The van der Waals surface area contributed by atoms with E-state index in [-0.39, 0.29) is 25.2 Å². The lowest BCUT2D eigenvalue weighted by Gasteiger charge is -2.60. The van der Waals surface area contributed by atoms with Crippen molar-refractivity contribution < 1.29 is 38.1 Å². The molecule has 0 aromatic heterocycles. The fourth-order valence-corrected chi connectivity index (χ4v) is 7.13. The van der Waals surface area contributed by atoms with Gasteiger partial charge in [-0.1, -0.05) is 37.6 Å². The van der Waals surface area contributed by atoms with Gasteiger partial charge in [0.25, 0.3) is 0 Å². The van der Waals surface area contributed by atoms with Crippen LogP contribution in [0.25, 0.3) is 0 Å². The molecule has 2 saturated heterocycles. The Labute approximate surface area is 217 Å². The molecule has 3 heterocycles. The van der Waals surface area contributed by atoms with Crippen LogP contribution in [0, 0.1) is 16.7 Å². The van der Waals surface area contributed by atoms with Crippen molar-refractivity contribution in [2.45, 2.75) is 82.8 Å². The highest BCUT2D eigenvalue weighted by Gasteiger charge is 2.86. The normalized spacial score (nSPS) is 47.9. The van der Waals surface area contributed by atoms with Crippen LogP contribution in [0.3, 0.4) is 0 Å². The molecular weight excluding hydrogens is 478 g/mol. The number of nitrogens with two attached hydrogens (primary N) is 1. The summed E-state index contributed by atoms with van der Waals surface area (Å²) in [6.07, 6.45) is 9.05. The Balaban J connectivity index is 1.55. The number of esters is 3. The molecule has 3 fully saturated rings. The van der Waals surface area contributed by atoms with E-state index in [0.29, 0.717) is 25.9 Å². The van der Waals surface area contributed by atoms with E-state index in [0.717, 1.165) is 6.42 Å². The third-order valence-corrected chi connectivity index (χ3v) is 9.72. The van der Waals surface area contributed by atoms with Gasteiger partial charge in [-0.05, 0) is 39.0 Å². The largest absolute Gasteiger partial charge is 0.464 e. The molecule has 5 rings (SSSR count). The van der Waals surface area contributed by atoms with Gasteiger partial charge in [-0.15, -0.1) is 0 Å². The van der Waals surface area contributed by atoms with Crippen LogP contribution in [0.1, 0.15) is 53.4 Å². The molecule has 37 heavy (non-hydrogen) atoms. The van der Waals surface area contributed by atoms with Gasteiger partial charge < -0.3 is 29.4 Å². The van der Waals surface area contributed by atoms with Crippen LogP contribution in [0.4, 0.5) is 0 Å². The van der Waals surface area contributed by atoms with Crippen LogP contribution in [0.2, 0.25) is 0 Å². The van der Waals surface area contributed by atoms with Crippen LogP contribution >= 0.6 is 0 Å². The van der Waals surface area contributed by atoms with Crippen LogP contribution in [0.5, 0.6) is 0 Å². The number of epoxide rings is 1. The molecule has 5 aliphatic rings. The van der Waals surface area contributed by atoms with Crippen LogP contribution < -0.4 is 5.73 Å². The lowest BCUT2D eigenvalue weighted by Crippen LogP contribution is -2.69. The van der Waals surface area contributed by atoms with E-state index in [2.05, 4.69) is 19.9 Å². The van der Waals surface area contributed by atoms with Crippen LogP contribution in [-0.2, 0) is 38.1 Å². The van der Waals surface area contributed by atoms with Crippen molar-refractivity contribution in [1.29, 1.82) is 0 Å². The molecule has 0 amide bonds. The zero-order valence-corrected chi connectivity index (χ0v) is 22.0. The first-order chi connectivity index (χ1) is 17.5. The van der Waals surface area contributed by atoms with E-state index < -0.39 is 52.1 Å². The Kier molecular flexibility index (Phi) is 6.40. The first-order valence-corrected chi connectivity index (χ1v) is 13.1. The van der Waals surface area contributed by atoms with Gasteiger partial charge >= 0.3 is 17.9 Å². The van der Waals surface area contributed by atoms with Crippen molar-refractivity contribution in [2.24, 2.45) is 22.5 Å². The van der Waals surface area contributed by atoms with Crippen molar-refractivity contribution in [3.05, 3.63) is 36.0 Å². The van der Waals surface area contributed by atoms with E-state index in [4.69, 9.17) is 29.4 Å². The summed E-state index contributed by atoms with van der Waals surface area (Å²) in [6.45, 7) is 8.70. The summed E-state index contributed by atoms with van der Waals surface area (Å²) in [7, 11) is 0. The lowest BCUT2D eigenvalue weighted by atomic mass is 9.50. The molecule has 9 nitrogen and oxygen atoms in total. The molecule has 8 atom stereocenters. The maximum atomic E-state index is 13.1. The smallest absolute Gasteiger partial charge is 0.331 e. The van der Waals surface area contributed by atoms with E-state index >= 15 is 0 Å². The van der Waals surface area contributed by atoms with Gasteiger partial charge in [-0.3, -0.25) is 4.79 Å². The molecule has 2 bridgehead atoms. The Morgan fingerprint density at radius 1 is 1.03 bits per heavy atom. The summed E-state index contributed by atoms with van der Waals surface area (Å²) in [4.78, 5) is 38.0. The highest BCUT2D eigenvalue weighted by Crippen LogP contribution is 2.75. The summed E-state index contributed by atoms with van der Waals surface area (Å²) in [5.41, 5.74) is 4.79. The van der Waals surface area contributed by atoms with Gasteiger partial charge in [-0.2, -0.15) is 0 Å². The first-order valence-electron chi connectivity index (χ1n) is 13.1. The summed E-state index contributed by atoms with van der Waals surface area (Å²) < 4.78 is 30.2. The number of carbonyl (C=O) groups is 3. The highest BCUT2D eigenvalue weighted by molar-refractivity contribution is 5.84. The molecule has 0 aromatic carbocycles. The second kappa shape index (κ2) is 9.06. The third kappa shape index (κ3) is 3.89. The van der Waals surface area contributed by atoms with Gasteiger partial charge in [-0.25, -0.2) is 9.59 Å². The minimum absolute atomic E-state index is 0.0694. The maximum absolute atomic E-state index is 13.1. The Hall–Kier alpha value is -2.49. The molecule has 9 heteroatoms. The van der Waals surface area contributed by atoms with E-state index in [9.17, 15) is 14.4 Å². The van der Waals surface area contributed by atoms with Crippen molar-refractivity contribution in [1.82, 2.24) is 0 Å². The van der Waals surface area contributed by atoms with Crippen molar-refractivity contribution in [3.8, 4) is 0 Å². The zero-order chi connectivity index (χ0) is 26.6. The van der Waals surface area contributed by atoms with Gasteiger partial charge in [0.15, 0.2) is 0 Å². The van der Waals surface area contributed by atoms with Crippen molar-refractivity contribution in [2.75, 3.05) is 19.8 Å². The fourth-order valence-electron chi connectivity index (χ4n) is 7.13. The molecule has 1 unspecified atom stereocenters. The second-order valence-electron chi connectivity index (χ2n) is 11.7. The average Bonchev–Trinajstić information content (AvgIpc) is 3.64. The Morgan fingerprint density at radius 2 is 1.73 bits per heavy atom. The average molecular weight is 516 g/mol. The Bertz CT molecular complexity index is 1080. The molecule has 2 spiro atoms. The standard InChI is InChI=1S/C28H37NO8/c1-17-9-11-27-15-34-24(32)23(29)18(2)10-12-33-21(30)7-5-6-8-22(31)36-20-14-25(3,37-19(27)13-17)28(16-35-28)26(20,27)4/h5-8,13,18-20,23H,9-12,14-16,29H2,1-4H3/b7-5+,8-6-/t18-,19?,20-,23-,25-,26-,27-,28+/m1/s1. The van der Waals surface area contributed by atoms with Gasteiger partial charge in [0, 0.05) is 24.0 Å². The van der Waals surface area contributed by atoms with Crippen LogP contribution in [-0.4, -0.2) is 67.2 Å². The predicted molar refractivity (Wildman–Crippen MR) is 132 cm³/mol. The van der Waals surface area contributed by atoms with Gasteiger partial charge in [0.1, 0.15) is 30.0 Å². The molecule has 3 aliphatic heterocycles. The molecular formula is C28H37NO8. The number of allylic oxidation sites excluding steroid dienone is 3. The number of hydrogen-bond acceptors (Lipinski definition) is 9. The topological polar surface area (TPSA) is 127 Å². The molecule has 0 aromatic rings. The second-order valence-corrected chi connectivity index (χ2v) is 11.7. The van der Waals surface area contributed by atoms with Gasteiger partial charge in [0.2, 0.25) is 0 Å². The van der Waals surface area contributed by atoms with E-state index in [1.165, 1.54) is 29.9 Å². The third-order valence-electron chi connectivity index (χ3n) is 9.72. The number of rotatable bonds is 0. The summed E-state index contributed by atoms with van der Waals surface area (Å²) in [5.74, 6) is -1.86. The zero-order valence-electron chi connectivity index (χ0n) is 22.0. The summed E-state index contributed by atoms with van der Waals surface area (Å²) in [5, 5.41) is 0. The number of cyclic esters (lactones) is 2. The molecule has 202 valence electrons. The van der Waals surface area contributed by atoms with E-state index in [1.807, 2.05) is 13.8 Å². The quantitative estimate of drug-likeness (QED) is 0.224. The maximum Gasteiger partial charge on any atom is 0.331 e. The minimum atomic E-state index is -0.877. The predicted octanol–water partition coefficient (Wildman–Crippen LogP) is 2.53. The van der Waals surface area contributed by atoms with E-state index in [1.54, 1.807) is 0 Å². The van der Waals surface area contributed by atoms with Crippen LogP contribution in [0.15, 0.2) is 36.0 Å². The number of hydrogen-bond donors (Lipinski definition) is 1.